The summed E-state index contributed by atoms with van der Waals surface area (Å²) in [6, 6.07) is 31.9. The number of halogens is 1. The first kappa shape index (κ1) is 39.0. The summed E-state index contributed by atoms with van der Waals surface area (Å²) in [6.45, 7) is 8.43. The number of anilines is 2. The molecule has 57 heavy (non-hydrogen) atoms. The van der Waals surface area contributed by atoms with Gasteiger partial charge in [-0.2, -0.15) is 0 Å². The first-order chi connectivity index (χ1) is 27.5. The molecule has 0 radical (unpaired) electrons. The van der Waals surface area contributed by atoms with Crippen LogP contribution >= 0.6 is 11.6 Å². The van der Waals surface area contributed by atoms with Crippen molar-refractivity contribution in [2.24, 2.45) is 5.92 Å². The lowest BCUT2D eigenvalue weighted by molar-refractivity contribution is -0.146. The molecule has 1 unspecified atom stereocenters. The molecule has 0 bridgehead atoms. The van der Waals surface area contributed by atoms with Gasteiger partial charge in [-0.15, -0.1) is 5.10 Å². The molecule has 4 heterocycles. The number of methoxy groups -OCH3 is 1. The van der Waals surface area contributed by atoms with Crippen LogP contribution in [0.25, 0.3) is 0 Å². The van der Waals surface area contributed by atoms with Gasteiger partial charge in [-0.3, -0.25) is 14.3 Å². The number of fused-ring (bicyclic) bond motifs is 2. The molecule has 1 spiro atoms. The quantitative estimate of drug-likeness (QED) is 0.131. The Bertz CT molecular complexity index is 2230. The summed E-state index contributed by atoms with van der Waals surface area (Å²) in [4.78, 5) is 31.6. The summed E-state index contributed by atoms with van der Waals surface area (Å²) >= 11 is 6.75. The molecule has 5 atom stereocenters. The van der Waals surface area contributed by atoms with Crippen molar-refractivity contribution < 1.29 is 24.2 Å². The highest BCUT2D eigenvalue weighted by molar-refractivity contribution is 6.91. The van der Waals surface area contributed by atoms with E-state index in [9.17, 15) is 9.90 Å². The largest absolute Gasteiger partial charge is 0.497 e. The van der Waals surface area contributed by atoms with Gasteiger partial charge in [0, 0.05) is 47.9 Å². The monoisotopic (exact) mass is 803 g/mol. The second-order valence-corrected chi connectivity index (χ2v) is 21.3. The van der Waals surface area contributed by atoms with Gasteiger partial charge in [-0.1, -0.05) is 96.6 Å². The number of aliphatic hydroxyl groups is 1. The van der Waals surface area contributed by atoms with Crippen molar-refractivity contribution in [1.82, 2.24) is 15.0 Å². The molecule has 3 aliphatic rings. The number of ether oxygens (including phenoxy) is 2. The maximum Gasteiger partial charge on any atom is 0.264 e. The van der Waals surface area contributed by atoms with Gasteiger partial charge in [-0.05, 0) is 78.4 Å². The van der Waals surface area contributed by atoms with E-state index in [2.05, 4.69) is 42.5 Å². The summed E-state index contributed by atoms with van der Waals surface area (Å²) in [5.41, 5.74) is 3.89. The Morgan fingerprint density at radius 3 is 2.46 bits per heavy atom. The van der Waals surface area contributed by atoms with Gasteiger partial charge in [0.25, 0.3) is 5.91 Å². The van der Waals surface area contributed by atoms with Gasteiger partial charge in [0.05, 0.1) is 51.7 Å². The number of carbonyl (C=O) groups excluding carboxylic acids is 2. The van der Waals surface area contributed by atoms with Crippen molar-refractivity contribution >= 4 is 48.1 Å². The topological polar surface area (TPSA) is 110 Å². The number of rotatable bonds is 12. The summed E-state index contributed by atoms with van der Waals surface area (Å²) in [5.74, 6) is 0.376. The molecule has 8 rings (SSSR count). The van der Waals surface area contributed by atoms with Crippen molar-refractivity contribution in [2.45, 2.75) is 82.0 Å². The molecule has 10 nitrogen and oxygen atoms in total. The molecular weight excluding hydrogens is 754 g/mol. The minimum Gasteiger partial charge on any atom is -0.497 e. The fraction of sp³-hybridized carbons (Fsp3) is 0.378. The number of hydrogen-bond acceptors (Lipinski definition) is 7. The van der Waals surface area contributed by atoms with Crippen LogP contribution in [-0.2, 0) is 33.0 Å². The summed E-state index contributed by atoms with van der Waals surface area (Å²) in [5, 5.41) is 21.1. The number of aryl methyl sites for hydroxylation is 1. The van der Waals surface area contributed by atoms with E-state index >= 15 is 4.79 Å². The number of hydrogen-bond donors (Lipinski definition) is 1. The third kappa shape index (κ3) is 7.09. The molecule has 296 valence electrons. The molecule has 1 N–H and O–H groups in total. The molecule has 2 fully saturated rings. The zero-order valence-corrected chi connectivity index (χ0v) is 34.7. The van der Waals surface area contributed by atoms with Gasteiger partial charge in [0.1, 0.15) is 5.75 Å². The normalized spacial score (nSPS) is 22.7. The number of benzene rings is 4. The van der Waals surface area contributed by atoms with Gasteiger partial charge in [0.2, 0.25) is 5.91 Å². The Morgan fingerprint density at radius 2 is 1.75 bits per heavy atom. The highest BCUT2D eigenvalue weighted by Gasteiger charge is 2.66. The van der Waals surface area contributed by atoms with Gasteiger partial charge in [-0.25, -0.2) is 0 Å². The number of aromatic nitrogens is 3. The van der Waals surface area contributed by atoms with E-state index in [0.29, 0.717) is 36.6 Å². The molecule has 2 amide bonds. The minimum absolute atomic E-state index is 0.0282. The average Bonchev–Trinajstić information content (AvgIpc) is 3.88. The lowest BCUT2D eigenvalue weighted by Crippen LogP contribution is -2.51. The second-order valence-electron chi connectivity index (χ2n) is 16.2. The highest BCUT2D eigenvalue weighted by Crippen LogP contribution is 2.60. The standard InChI is InChI=1S/C45H50ClN5O5Si/c1-30-43(57(3,4)36-20-18-35(55-2)19-21-36)41(23-25-49-28-39(47-48-49)37(29-52)32-10-6-5-7-11-32)56-45(30)38-26-33(46)15-22-40(38)51(44(45)54)27-31-13-16-34(17-14-31)50-24-9-8-12-42(50)53/h5-7,10-11,13-22,26,28,30,37,41,43,52H,8-9,12,23-25,27,29H2,1-4H3/t30-,37?,41+,43-,45+/m0/s1. The lowest BCUT2D eigenvalue weighted by atomic mass is 9.82. The van der Waals surface area contributed by atoms with Crippen molar-refractivity contribution in [2.75, 3.05) is 30.1 Å². The van der Waals surface area contributed by atoms with E-state index in [-0.39, 0.29) is 41.9 Å². The van der Waals surface area contributed by atoms with Crippen LogP contribution in [-0.4, -0.2) is 66.4 Å². The SMILES string of the molecule is COc1ccc([Si](C)(C)[C@@H]2[C@@H](CCn3cc(C(CO)c4ccccc4)nn3)O[C@]3(C(=O)N(Cc4ccc(N5CCCCC5=O)cc4)c4ccc(Cl)cc43)[C@H]2C)cc1. The Balaban J connectivity index is 1.12. The second kappa shape index (κ2) is 15.9. The summed E-state index contributed by atoms with van der Waals surface area (Å²) in [6.07, 6.45) is 4.71. The highest BCUT2D eigenvalue weighted by atomic mass is 35.5. The summed E-state index contributed by atoms with van der Waals surface area (Å²) < 4.78 is 14.7. The third-order valence-electron chi connectivity index (χ3n) is 12.7. The Hall–Kier alpha value is -4.81. The first-order valence-corrected chi connectivity index (χ1v) is 23.4. The molecule has 0 saturated carbocycles. The molecule has 3 aliphatic heterocycles. The zero-order valence-electron chi connectivity index (χ0n) is 33.0. The van der Waals surface area contributed by atoms with Crippen LogP contribution in [0.2, 0.25) is 23.7 Å². The Morgan fingerprint density at radius 1 is 1.00 bits per heavy atom. The number of piperidine rings is 1. The predicted octanol–water partition coefficient (Wildman–Crippen LogP) is 7.43. The van der Waals surface area contributed by atoms with Crippen molar-refractivity contribution in [3.8, 4) is 5.75 Å². The van der Waals surface area contributed by atoms with Crippen LogP contribution in [0.15, 0.2) is 103 Å². The van der Waals surface area contributed by atoms with Crippen molar-refractivity contribution in [3.05, 3.63) is 131 Å². The summed E-state index contributed by atoms with van der Waals surface area (Å²) in [7, 11) is -0.713. The molecule has 4 aromatic carbocycles. The van der Waals surface area contributed by atoms with E-state index in [0.717, 1.165) is 53.2 Å². The number of amides is 2. The smallest absolute Gasteiger partial charge is 0.264 e. The molecule has 5 aromatic rings. The first-order valence-electron chi connectivity index (χ1n) is 19.9. The van der Waals surface area contributed by atoms with Crippen LogP contribution in [0.3, 0.4) is 0 Å². The van der Waals surface area contributed by atoms with E-state index in [1.807, 2.05) is 106 Å². The van der Waals surface area contributed by atoms with Gasteiger partial charge in [0.15, 0.2) is 5.60 Å². The van der Waals surface area contributed by atoms with E-state index in [4.69, 9.17) is 21.1 Å². The molecule has 12 heteroatoms. The van der Waals surface area contributed by atoms with E-state index in [1.54, 1.807) is 7.11 Å². The molecule has 2 saturated heterocycles. The maximum atomic E-state index is 15.3. The van der Waals surface area contributed by atoms with E-state index < -0.39 is 13.7 Å². The fourth-order valence-corrected chi connectivity index (χ4v) is 13.9. The van der Waals surface area contributed by atoms with Crippen LogP contribution in [0.5, 0.6) is 5.75 Å². The lowest BCUT2D eigenvalue weighted by Gasteiger charge is -2.37. The minimum atomic E-state index is -2.39. The van der Waals surface area contributed by atoms with Gasteiger partial charge < -0.3 is 24.4 Å². The maximum absolute atomic E-state index is 15.3. The zero-order chi connectivity index (χ0) is 39.9. The van der Waals surface area contributed by atoms with Crippen LogP contribution < -0.4 is 19.7 Å². The van der Waals surface area contributed by atoms with Crippen LogP contribution in [0.1, 0.15) is 60.9 Å². The fourth-order valence-electron chi connectivity index (χ4n) is 9.65. The van der Waals surface area contributed by atoms with E-state index in [1.165, 1.54) is 5.19 Å². The Labute approximate surface area is 340 Å². The molecule has 1 aromatic heterocycles. The number of nitrogens with zero attached hydrogens (tertiary/aromatic N) is 5. The van der Waals surface area contributed by atoms with Gasteiger partial charge >= 0.3 is 0 Å². The average molecular weight is 804 g/mol. The molecular formula is C45H50ClN5O5Si. The van der Waals surface area contributed by atoms with Crippen molar-refractivity contribution in [1.29, 1.82) is 0 Å². The Kier molecular flexibility index (Phi) is 10.9. The molecule has 0 aliphatic carbocycles. The number of carbonyl (C=O) groups is 2. The predicted molar refractivity (Wildman–Crippen MR) is 225 cm³/mol. The van der Waals surface area contributed by atoms with Crippen LogP contribution in [0, 0.1) is 5.92 Å². The third-order valence-corrected chi connectivity index (χ3v) is 17.2. The van der Waals surface area contributed by atoms with Crippen LogP contribution in [0.4, 0.5) is 11.4 Å². The number of aliphatic hydroxyl groups excluding tert-OH is 1. The van der Waals surface area contributed by atoms with Crippen molar-refractivity contribution in [3.63, 3.8) is 0 Å².